The fraction of sp³-hybridized carbons (Fsp3) is 0.404. The molecule has 3 saturated heterocycles. The predicted octanol–water partition coefficient (Wildman–Crippen LogP) is 8.68. The van der Waals surface area contributed by atoms with Gasteiger partial charge in [-0.1, -0.05) is 48.5 Å². The Morgan fingerprint density at radius 3 is 1.41 bits per heavy atom. The minimum atomic E-state index is -3.65. The highest BCUT2D eigenvalue weighted by molar-refractivity contribution is 7.93. The highest BCUT2D eigenvalue weighted by Crippen LogP contribution is 2.32. The molecule has 0 aliphatic carbocycles. The van der Waals surface area contributed by atoms with Gasteiger partial charge in [-0.25, -0.2) is 16.8 Å². The molecule has 3 aliphatic rings. The van der Waals surface area contributed by atoms with Crippen molar-refractivity contribution in [1.29, 1.82) is 0 Å². The van der Waals surface area contributed by atoms with Crippen LogP contribution in [0.4, 0.5) is 28.9 Å². The molecule has 0 saturated carbocycles. The highest BCUT2D eigenvalue weighted by atomic mass is 35.5. The molecule has 15 nitrogen and oxygen atoms in total. The number of aromatic nitrogens is 4. The number of halogens is 5. The average Bonchev–Trinajstić information content (AvgIpc) is 4.03. The molecule has 5 heterocycles. The number of anilines is 2. The van der Waals surface area contributed by atoms with E-state index in [1.54, 1.807) is 54.6 Å². The Balaban J connectivity index is 0.000000202. The van der Waals surface area contributed by atoms with Gasteiger partial charge in [0.1, 0.15) is 0 Å². The first-order valence-corrected chi connectivity index (χ1v) is 25.3. The van der Waals surface area contributed by atoms with E-state index in [0.717, 1.165) is 48.6 Å². The van der Waals surface area contributed by atoms with Crippen LogP contribution in [0.3, 0.4) is 0 Å². The van der Waals surface area contributed by atoms with Crippen molar-refractivity contribution in [1.82, 2.24) is 30.6 Å². The third-order valence-electron chi connectivity index (χ3n) is 12.2. The van der Waals surface area contributed by atoms with Crippen molar-refractivity contribution in [3.63, 3.8) is 0 Å². The Labute approximate surface area is 404 Å². The molecule has 0 atom stereocenters. The van der Waals surface area contributed by atoms with E-state index >= 15 is 0 Å². The van der Waals surface area contributed by atoms with Gasteiger partial charge in [-0.15, -0.1) is 32.8 Å². The zero-order valence-corrected chi connectivity index (χ0v) is 40.3. The molecule has 4 aromatic carbocycles. The van der Waals surface area contributed by atoms with Gasteiger partial charge in [-0.2, -0.15) is 17.6 Å². The maximum absolute atomic E-state index is 13.9. The zero-order valence-electron chi connectivity index (χ0n) is 37.8. The smallest absolute Gasteiger partial charge is 0.314 e. The minimum absolute atomic E-state index is 0. The number of ether oxygens (including phenoxy) is 1. The van der Waals surface area contributed by atoms with Gasteiger partial charge in [0.05, 0.1) is 54.2 Å². The van der Waals surface area contributed by atoms with Crippen molar-refractivity contribution in [2.45, 2.75) is 82.0 Å². The van der Waals surface area contributed by atoms with Crippen LogP contribution in [-0.4, -0.2) is 98.1 Å². The quantitative estimate of drug-likeness (QED) is 0.0968. The van der Waals surface area contributed by atoms with Gasteiger partial charge in [0.25, 0.3) is 11.8 Å². The lowest BCUT2D eigenvalue weighted by molar-refractivity contribution is -0.0695. The molecule has 1 N–H and O–H groups in total. The van der Waals surface area contributed by atoms with Gasteiger partial charge in [-0.3, -0.25) is 13.5 Å². The van der Waals surface area contributed by atoms with Gasteiger partial charge >= 0.3 is 12.9 Å². The molecular formula is C47H53ClF4N8O7S2. The lowest BCUT2D eigenvalue weighted by Crippen LogP contribution is -2.54. The number of alkyl halides is 4. The monoisotopic (exact) mass is 1020 g/mol. The van der Waals surface area contributed by atoms with Crippen molar-refractivity contribution in [3.05, 3.63) is 131 Å². The maximum Gasteiger partial charge on any atom is 0.314 e. The summed E-state index contributed by atoms with van der Waals surface area (Å²) in [6.45, 7) is 8.41. The van der Waals surface area contributed by atoms with Crippen molar-refractivity contribution < 1.29 is 48.0 Å². The molecule has 0 radical (unpaired) electrons. The van der Waals surface area contributed by atoms with Gasteiger partial charge < -0.3 is 18.9 Å². The average molecular weight is 1020 g/mol. The summed E-state index contributed by atoms with van der Waals surface area (Å²) in [5.74, 6) is -1.49. The third kappa shape index (κ3) is 12.3. The Bertz CT molecular complexity index is 2840. The Kier molecular flexibility index (Phi) is 16.8. The van der Waals surface area contributed by atoms with E-state index in [9.17, 15) is 34.4 Å². The van der Waals surface area contributed by atoms with Crippen LogP contribution in [0.15, 0.2) is 106 Å². The van der Waals surface area contributed by atoms with Gasteiger partial charge in [0.15, 0.2) is 0 Å². The topological polar surface area (TPSA) is 177 Å². The molecule has 0 bridgehead atoms. The van der Waals surface area contributed by atoms with E-state index in [2.05, 4.69) is 30.6 Å². The van der Waals surface area contributed by atoms with Crippen molar-refractivity contribution in [3.8, 4) is 22.9 Å². The van der Waals surface area contributed by atoms with E-state index in [0.29, 0.717) is 67.3 Å². The van der Waals surface area contributed by atoms with E-state index in [1.807, 2.05) is 56.3 Å². The number of hydrogen-bond acceptors (Lipinski definition) is 13. The zero-order chi connectivity index (χ0) is 48.0. The van der Waals surface area contributed by atoms with Gasteiger partial charge in [0, 0.05) is 11.1 Å². The van der Waals surface area contributed by atoms with Crippen LogP contribution in [0.5, 0.6) is 0 Å². The second kappa shape index (κ2) is 22.5. The molecule has 370 valence electrons. The van der Waals surface area contributed by atoms with Crippen molar-refractivity contribution in [2.75, 3.05) is 48.0 Å². The Morgan fingerprint density at radius 2 is 1.04 bits per heavy atom. The number of likely N-dealkylation sites (tertiary alicyclic amines) is 1. The lowest BCUT2D eigenvalue weighted by atomic mass is 10.1. The largest absolute Gasteiger partial charge is 0.415 e. The first kappa shape index (κ1) is 51.4. The summed E-state index contributed by atoms with van der Waals surface area (Å²) < 4.78 is 124. The summed E-state index contributed by atoms with van der Waals surface area (Å²) >= 11 is 0. The number of sulfonamides is 2. The standard InChI is InChI=1S/C25H28F2N4O4S.C22H24F2N4O3S.ClH/c1-17-3-2-4-20(13-17)31(36(32,33)22-9-11-30(12-10-22)21-15-34-16-21)14-18-5-7-19(8-6-18)24-28-29-25(35-24)23(26)27;1-15-3-2-4-18(13-15)28(32(29,30)19-9-11-25-12-10-19)14-16-5-7-17(8-6-16)21-26-27-22(31-21)20(23)24;/h2-8,13,21-23H,9-12,14-16H2,1H3;2-8,13,19-20,25H,9-12,14H2,1H3;1H. The van der Waals surface area contributed by atoms with Crippen LogP contribution < -0.4 is 13.9 Å². The van der Waals surface area contributed by atoms with Gasteiger partial charge in [0.2, 0.25) is 31.8 Å². The van der Waals surface area contributed by atoms with Gasteiger partial charge in [-0.05, 0) is 136 Å². The molecule has 0 spiro atoms. The molecular weight excluding hydrogens is 964 g/mol. The highest BCUT2D eigenvalue weighted by Gasteiger charge is 2.38. The molecule has 3 aliphatic heterocycles. The molecule has 3 fully saturated rings. The number of nitrogens with one attached hydrogen (secondary N) is 1. The van der Waals surface area contributed by atoms with Crippen LogP contribution in [-0.2, 0) is 37.9 Å². The molecule has 69 heavy (non-hydrogen) atoms. The summed E-state index contributed by atoms with van der Waals surface area (Å²) in [4.78, 5) is 2.32. The lowest BCUT2D eigenvalue weighted by Gasteiger charge is -2.42. The van der Waals surface area contributed by atoms with Crippen LogP contribution in [0.1, 0.15) is 72.6 Å². The normalized spacial score (nSPS) is 16.4. The number of nitrogens with zero attached hydrogens (tertiary/aromatic N) is 7. The third-order valence-corrected chi connectivity index (χ3v) is 16.8. The number of rotatable bonds is 15. The first-order chi connectivity index (χ1) is 32.6. The molecule has 9 rings (SSSR count). The van der Waals surface area contributed by atoms with Crippen LogP contribution in [0.2, 0.25) is 0 Å². The maximum atomic E-state index is 13.9. The molecule has 6 aromatic rings. The molecule has 2 aromatic heterocycles. The summed E-state index contributed by atoms with van der Waals surface area (Å²) in [5, 5.41) is 16.3. The Hall–Kier alpha value is -5.45. The van der Waals surface area contributed by atoms with Crippen LogP contribution >= 0.6 is 12.4 Å². The van der Waals surface area contributed by atoms with E-state index < -0.39 is 55.2 Å². The SMILES string of the molecule is Cc1cccc(N(Cc2ccc(-c3nnc(C(F)F)o3)cc2)S(=O)(=O)C2CCN(C3COC3)CC2)c1.Cc1cccc(N(Cc2ccc(-c3nnc(C(F)F)o3)cc2)S(=O)(=O)C2CCNCC2)c1.Cl. The number of aryl methyl sites for hydroxylation is 2. The van der Waals surface area contributed by atoms with E-state index in [1.165, 1.54) is 8.61 Å². The summed E-state index contributed by atoms with van der Waals surface area (Å²) in [7, 11) is -7.24. The Morgan fingerprint density at radius 1 is 0.623 bits per heavy atom. The number of piperidine rings is 2. The number of hydrogen-bond donors (Lipinski definition) is 1. The summed E-state index contributed by atoms with van der Waals surface area (Å²) in [6, 6.07) is 28.9. The summed E-state index contributed by atoms with van der Waals surface area (Å²) in [6.07, 6.45) is -3.40. The number of benzene rings is 4. The van der Waals surface area contributed by atoms with Crippen LogP contribution in [0.25, 0.3) is 22.9 Å². The second-order valence-corrected chi connectivity index (χ2v) is 21.3. The van der Waals surface area contributed by atoms with E-state index in [4.69, 9.17) is 13.6 Å². The molecule has 0 amide bonds. The van der Waals surface area contributed by atoms with Crippen LogP contribution in [0, 0.1) is 13.8 Å². The molecule has 22 heteroatoms. The summed E-state index contributed by atoms with van der Waals surface area (Å²) in [5.41, 5.74) is 5.64. The van der Waals surface area contributed by atoms with Crippen molar-refractivity contribution in [2.24, 2.45) is 0 Å². The van der Waals surface area contributed by atoms with Crippen molar-refractivity contribution >= 4 is 43.8 Å². The molecule has 0 unspecified atom stereocenters. The van der Waals surface area contributed by atoms with E-state index in [-0.39, 0.29) is 37.3 Å². The fourth-order valence-corrected chi connectivity index (χ4v) is 12.2. The fourth-order valence-electron chi connectivity index (χ4n) is 8.36. The first-order valence-electron chi connectivity index (χ1n) is 22.3. The second-order valence-electron chi connectivity index (χ2n) is 17.0. The predicted molar refractivity (Wildman–Crippen MR) is 254 cm³/mol. The minimum Gasteiger partial charge on any atom is -0.415 e.